The van der Waals surface area contributed by atoms with Crippen LogP contribution in [-0.2, 0) is 24.4 Å². The van der Waals surface area contributed by atoms with Crippen molar-refractivity contribution in [2.45, 2.75) is 31.5 Å². The Hall–Kier alpha value is -3.12. The Morgan fingerprint density at radius 3 is 1.49 bits per heavy atom. The Labute approximate surface area is 307 Å². The highest BCUT2D eigenvalue weighted by Gasteiger charge is 2.46. The van der Waals surface area contributed by atoms with Crippen LogP contribution < -0.4 is 9.47 Å². The maximum atomic E-state index is 6.20. The summed E-state index contributed by atoms with van der Waals surface area (Å²) >= 11 is 13.3. The maximum absolute atomic E-state index is 6.20. The number of thiocarbonyl (C=S) groups is 2. The molecular formula is C39H38O6S4. The van der Waals surface area contributed by atoms with E-state index in [1.54, 1.807) is 23.5 Å². The van der Waals surface area contributed by atoms with Gasteiger partial charge in [-0.25, -0.2) is 0 Å². The van der Waals surface area contributed by atoms with Gasteiger partial charge in [0, 0.05) is 11.5 Å². The summed E-state index contributed by atoms with van der Waals surface area (Å²) < 4.78 is 36.4. The molecule has 2 aliphatic heterocycles. The average molecular weight is 731 g/mol. The molecule has 0 bridgehead atoms. The zero-order chi connectivity index (χ0) is 33.8. The second-order valence-corrected chi connectivity index (χ2v) is 15.5. The molecule has 2 unspecified atom stereocenters. The van der Waals surface area contributed by atoms with Crippen LogP contribution in [0.5, 0.6) is 11.5 Å². The molecule has 2 atom stereocenters. The van der Waals surface area contributed by atoms with Gasteiger partial charge in [0.15, 0.2) is 0 Å². The van der Waals surface area contributed by atoms with Crippen molar-refractivity contribution < 1.29 is 28.4 Å². The Bertz CT molecular complexity index is 1710. The summed E-state index contributed by atoms with van der Waals surface area (Å²) in [6.07, 6.45) is 0.0399. The molecule has 0 aromatic heterocycles. The summed E-state index contributed by atoms with van der Waals surface area (Å²) in [6, 6.07) is 30.7. The normalized spacial score (nSPS) is 18.9. The van der Waals surface area contributed by atoms with Gasteiger partial charge in [-0.3, -0.25) is 0 Å². The van der Waals surface area contributed by atoms with Gasteiger partial charge in [0.2, 0.25) is 8.77 Å². The molecule has 0 saturated carbocycles. The van der Waals surface area contributed by atoms with E-state index in [0.29, 0.717) is 48.4 Å². The number of aryl methyl sites for hydroxylation is 2. The van der Waals surface area contributed by atoms with Crippen LogP contribution in [0.1, 0.15) is 33.4 Å². The standard InChI is InChI=1S/C39H38O6S4/c1-25-19-27(11-13-35(25)42-17-15-40-21-29-23-48-37(46)44-29)39(33-9-5-3-7-31(33)32-8-4-6-10-34(32)39)28-12-14-36(26(2)20-28)43-18-16-41-22-30-24-49-38(47)45-30/h3-14,19-20,29-30H,15-18,21-24H2,1-2H3. The number of fused-ring (bicyclic) bond motifs is 3. The SMILES string of the molecule is Cc1cc(C2(c3ccc(OCCOCC4CSC(=S)O4)c(C)c3)c3ccccc3-c3ccccc32)ccc1OCCOCC1CSC(=S)O1. The highest BCUT2D eigenvalue weighted by molar-refractivity contribution is 8.23. The van der Waals surface area contributed by atoms with Gasteiger partial charge < -0.3 is 28.4 Å². The van der Waals surface area contributed by atoms with Gasteiger partial charge in [-0.15, -0.1) is 0 Å². The molecule has 0 N–H and O–H groups in total. The van der Waals surface area contributed by atoms with Gasteiger partial charge in [-0.1, -0.05) is 96.3 Å². The molecule has 49 heavy (non-hydrogen) atoms. The monoisotopic (exact) mass is 730 g/mol. The number of hydrogen-bond donors (Lipinski definition) is 0. The van der Waals surface area contributed by atoms with Crippen LogP contribution in [0.25, 0.3) is 11.1 Å². The van der Waals surface area contributed by atoms with Crippen molar-refractivity contribution in [3.63, 3.8) is 0 Å². The quantitative estimate of drug-likeness (QED) is 0.0825. The molecular weight excluding hydrogens is 693 g/mol. The minimum atomic E-state index is -0.522. The molecule has 2 saturated heterocycles. The largest absolute Gasteiger partial charge is 0.491 e. The zero-order valence-electron chi connectivity index (χ0n) is 27.5. The first kappa shape index (κ1) is 34.3. The number of hydrogen-bond acceptors (Lipinski definition) is 10. The molecule has 2 fully saturated rings. The van der Waals surface area contributed by atoms with E-state index in [1.807, 2.05) is 0 Å². The molecule has 4 aromatic carbocycles. The Balaban J connectivity index is 1.12. The van der Waals surface area contributed by atoms with Crippen molar-refractivity contribution in [3.8, 4) is 22.6 Å². The average Bonchev–Trinajstić information content (AvgIpc) is 3.81. The van der Waals surface area contributed by atoms with Gasteiger partial charge in [0.25, 0.3) is 0 Å². The summed E-state index contributed by atoms with van der Waals surface area (Å²) in [5.41, 5.74) is 9.01. The number of ether oxygens (including phenoxy) is 6. The van der Waals surface area contributed by atoms with Crippen LogP contribution in [0.2, 0.25) is 0 Å². The van der Waals surface area contributed by atoms with Gasteiger partial charge in [-0.2, -0.15) is 0 Å². The van der Waals surface area contributed by atoms with Crippen molar-refractivity contribution >= 4 is 56.7 Å². The minimum Gasteiger partial charge on any atom is -0.491 e. The third kappa shape index (κ3) is 7.22. The number of benzene rings is 4. The third-order valence-corrected chi connectivity index (χ3v) is 11.7. The van der Waals surface area contributed by atoms with E-state index >= 15 is 0 Å². The predicted molar refractivity (Wildman–Crippen MR) is 206 cm³/mol. The molecule has 254 valence electrons. The van der Waals surface area contributed by atoms with Gasteiger partial charge in [0.05, 0.1) is 31.8 Å². The molecule has 0 amide bonds. The molecule has 2 heterocycles. The molecule has 7 rings (SSSR count). The lowest BCUT2D eigenvalue weighted by atomic mass is 9.67. The topological polar surface area (TPSA) is 55.4 Å². The fourth-order valence-corrected chi connectivity index (χ4v) is 8.92. The van der Waals surface area contributed by atoms with E-state index in [1.165, 1.54) is 33.4 Å². The lowest BCUT2D eigenvalue weighted by Gasteiger charge is -2.34. The third-order valence-electron chi connectivity index (χ3n) is 9.05. The second kappa shape index (κ2) is 15.4. The van der Waals surface area contributed by atoms with Crippen molar-refractivity contribution in [2.75, 3.05) is 51.1 Å². The Morgan fingerprint density at radius 1 is 0.633 bits per heavy atom. The Morgan fingerprint density at radius 2 is 1.08 bits per heavy atom. The van der Waals surface area contributed by atoms with Crippen LogP contribution in [0.3, 0.4) is 0 Å². The number of thioether (sulfide) groups is 2. The van der Waals surface area contributed by atoms with Gasteiger partial charge in [-0.05, 0) is 94.9 Å². The number of rotatable bonds is 14. The smallest absolute Gasteiger partial charge is 0.220 e. The summed E-state index contributed by atoms with van der Waals surface area (Å²) in [5.74, 6) is 3.37. The second-order valence-electron chi connectivity index (χ2n) is 12.3. The fraction of sp³-hybridized carbons (Fsp3) is 0.333. The first-order valence-electron chi connectivity index (χ1n) is 16.4. The molecule has 4 aromatic rings. The maximum Gasteiger partial charge on any atom is 0.220 e. The first-order chi connectivity index (χ1) is 23.9. The van der Waals surface area contributed by atoms with E-state index in [0.717, 1.165) is 34.1 Å². The van der Waals surface area contributed by atoms with Crippen molar-refractivity contribution in [1.29, 1.82) is 0 Å². The summed E-state index contributed by atoms with van der Waals surface area (Å²) in [4.78, 5) is 0. The summed E-state index contributed by atoms with van der Waals surface area (Å²) in [5, 5.41) is 0. The predicted octanol–water partition coefficient (Wildman–Crippen LogP) is 8.29. The van der Waals surface area contributed by atoms with Gasteiger partial charge in [0.1, 0.15) is 36.9 Å². The van der Waals surface area contributed by atoms with Crippen LogP contribution in [0.4, 0.5) is 0 Å². The van der Waals surface area contributed by atoms with E-state index in [4.69, 9.17) is 52.9 Å². The van der Waals surface area contributed by atoms with Crippen molar-refractivity contribution in [1.82, 2.24) is 0 Å². The van der Waals surface area contributed by atoms with Crippen molar-refractivity contribution in [2.24, 2.45) is 0 Å². The molecule has 0 spiro atoms. The Kier molecular flexibility index (Phi) is 10.8. The molecule has 1 aliphatic carbocycles. The zero-order valence-corrected chi connectivity index (χ0v) is 30.7. The van der Waals surface area contributed by atoms with E-state index in [2.05, 4.69) is 98.8 Å². The van der Waals surface area contributed by atoms with Crippen LogP contribution in [-0.4, -0.2) is 72.1 Å². The highest BCUT2D eigenvalue weighted by atomic mass is 32.2. The van der Waals surface area contributed by atoms with Crippen LogP contribution in [0, 0.1) is 13.8 Å². The molecule has 6 nitrogen and oxygen atoms in total. The highest BCUT2D eigenvalue weighted by Crippen LogP contribution is 2.56. The van der Waals surface area contributed by atoms with E-state index in [9.17, 15) is 0 Å². The fourth-order valence-electron chi connectivity index (χ4n) is 6.86. The van der Waals surface area contributed by atoms with Crippen LogP contribution in [0.15, 0.2) is 84.9 Å². The summed E-state index contributed by atoms with van der Waals surface area (Å²) in [6.45, 7) is 7.11. The van der Waals surface area contributed by atoms with E-state index in [-0.39, 0.29) is 12.2 Å². The summed E-state index contributed by atoms with van der Waals surface area (Å²) in [7, 11) is 0. The van der Waals surface area contributed by atoms with Crippen LogP contribution >= 0.6 is 48.0 Å². The molecule has 3 aliphatic rings. The molecule has 10 heteroatoms. The van der Waals surface area contributed by atoms with Crippen molar-refractivity contribution in [3.05, 3.63) is 118 Å². The first-order valence-corrected chi connectivity index (χ1v) is 19.2. The lowest BCUT2D eigenvalue weighted by molar-refractivity contribution is 0.0459. The minimum absolute atomic E-state index is 0.0200. The lowest BCUT2D eigenvalue weighted by Crippen LogP contribution is -2.29. The van der Waals surface area contributed by atoms with Gasteiger partial charge >= 0.3 is 0 Å². The molecule has 0 radical (unpaired) electrons. The van der Waals surface area contributed by atoms with E-state index < -0.39 is 5.41 Å².